The molecule has 1 rings (SSSR count). The Hall–Kier alpha value is -1.15. The second-order valence-electron chi connectivity index (χ2n) is 2.63. The third kappa shape index (κ3) is 2.47. The van der Waals surface area contributed by atoms with Crippen LogP contribution >= 0.6 is 12.2 Å². The summed E-state index contributed by atoms with van der Waals surface area (Å²) in [7, 11) is 0. The molecular formula is C10H11NS. The monoisotopic (exact) mass is 177 g/mol. The lowest BCUT2D eigenvalue weighted by Crippen LogP contribution is -2.11. The largest absolute Gasteiger partial charge is 0.390 e. The molecule has 0 heterocycles. The van der Waals surface area contributed by atoms with Crippen LogP contribution in [0, 0.1) is 0 Å². The van der Waals surface area contributed by atoms with Gasteiger partial charge >= 0.3 is 0 Å². The molecule has 0 radical (unpaired) electrons. The first-order chi connectivity index (χ1) is 5.70. The minimum absolute atomic E-state index is 0.402. The molecular weight excluding hydrogens is 166 g/mol. The fraction of sp³-hybridized carbons (Fsp3) is 0.100. The van der Waals surface area contributed by atoms with Gasteiger partial charge in [0.15, 0.2) is 0 Å². The fourth-order valence-corrected chi connectivity index (χ4v) is 1.00. The maximum absolute atomic E-state index is 5.42. The molecule has 0 aromatic heterocycles. The Balaban J connectivity index is 2.65. The van der Waals surface area contributed by atoms with E-state index in [1.807, 2.05) is 30.3 Å². The van der Waals surface area contributed by atoms with Gasteiger partial charge < -0.3 is 5.73 Å². The van der Waals surface area contributed by atoms with Crippen LogP contribution in [0.4, 0.5) is 0 Å². The molecule has 0 fully saturated rings. The average molecular weight is 177 g/mol. The van der Waals surface area contributed by atoms with E-state index in [0.717, 1.165) is 12.0 Å². The standard InChI is InChI=1S/C10H11NS/c1-8(10(11)12)7-9-5-3-2-4-6-9/h2-6H,1,7H2,(H2,11,12). The Morgan fingerprint density at radius 3 is 2.42 bits per heavy atom. The van der Waals surface area contributed by atoms with Gasteiger partial charge in [0.2, 0.25) is 0 Å². The van der Waals surface area contributed by atoms with Crippen LogP contribution in [0.25, 0.3) is 0 Å². The molecule has 1 aromatic carbocycles. The third-order valence-corrected chi connectivity index (χ3v) is 1.90. The predicted molar refractivity (Wildman–Crippen MR) is 56.1 cm³/mol. The zero-order chi connectivity index (χ0) is 8.97. The first-order valence-electron chi connectivity index (χ1n) is 3.71. The number of hydrogen-bond acceptors (Lipinski definition) is 1. The Kier molecular flexibility index (Phi) is 3.00. The highest BCUT2D eigenvalue weighted by Gasteiger charge is 1.98. The van der Waals surface area contributed by atoms with Gasteiger partial charge in [-0.25, -0.2) is 0 Å². The van der Waals surface area contributed by atoms with Crippen molar-refractivity contribution in [3.05, 3.63) is 48.0 Å². The highest BCUT2D eigenvalue weighted by molar-refractivity contribution is 7.80. The van der Waals surface area contributed by atoms with Gasteiger partial charge in [0.05, 0.1) is 4.99 Å². The van der Waals surface area contributed by atoms with Crippen molar-refractivity contribution in [2.24, 2.45) is 5.73 Å². The SMILES string of the molecule is C=C(Cc1ccccc1)C(N)=S. The summed E-state index contributed by atoms with van der Waals surface area (Å²) in [5.74, 6) is 0. The molecule has 0 saturated carbocycles. The third-order valence-electron chi connectivity index (χ3n) is 1.61. The molecule has 0 amide bonds. The van der Waals surface area contributed by atoms with E-state index in [0.29, 0.717) is 4.99 Å². The van der Waals surface area contributed by atoms with Crippen LogP contribution in [0.3, 0.4) is 0 Å². The van der Waals surface area contributed by atoms with Gasteiger partial charge in [0, 0.05) is 0 Å². The van der Waals surface area contributed by atoms with Crippen molar-refractivity contribution in [1.29, 1.82) is 0 Å². The molecule has 2 N–H and O–H groups in total. The van der Waals surface area contributed by atoms with Crippen molar-refractivity contribution in [3.63, 3.8) is 0 Å². The van der Waals surface area contributed by atoms with E-state index in [2.05, 4.69) is 6.58 Å². The first kappa shape index (κ1) is 8.94. The molecule has 1 nitrogen and oxygen atoms in total. The molecule has 0 saturated heterocycles. The van der Waals surface area contributed by atoms with E-state index in [-0.39, 0.29) is 0 Å². The second-order valence-corrected chi connectivity index (χ2v) is 3.07. The van der Waals surface area contributed by atoms with Crippen molar-refractivity contribution < 1.29 is 0 Å². The van der Waals surface area contributed by atoms with Crippen LogP contribution in [-0.4, -0.2) is 4.99 Å². The Morgan fingerprint density at radius 1 is 1.33 bits per heavy atom. The van der Waals surface area contributed by atoms with Crippen LogP contribution in [0.2, 0.25) is 0 Å². The van der Waals surface area contributed by atoms with Crippen LogP contribution in [0.1, 0.15) is 5.56 Å². The molecule has 0 atom stereocenters. The van der Waals surface area contributed by atoms with E-state index < -0.39 is 0 Å². The number of hydrogen-bond donors (Lipinski definition) is 1. The molecule has 62 valence electrons. The smallest absolute Gasteiger partial charge is 0.0991 e. The summed E-state index contributed by atoms with van der Waals surface area (Å²) in [5, 5.41) is 0. The van der Waals surface area contributed by atoms with Crippen molar-refractivity contribution >= 4 is 17.2 Å². The van der Waals surface area contributed by atoms with Crippen LogP contribution in [-0.2, 0) is 6.42 Å². The number of thiocarbonyl (C=S) groups is 1. The number of nitrogens with two attached hydrogens (primary N) is 1. The van der Waals surface area contributed by atoms with E-state index in [9.17, 15) is 0 Å². The lowest BCUT2D eigenvalue weighted by atomic mass is 10.1. The van der Waals surface area contributed by atoms with Gasteiger partial charge in [-0.2, -0.15) is 0 Å². The lowest BCUT2D eigenvalue weighted by Gasteiger charge is -2.02. The van der Waals surface area contributed by atoms with E-state index >= 15 is 0 Å². The summed E-state index contributed by atoms with van der Waals surface area (Å²) in [5.41, 5.74) is 7.42. The zero-order valence-electron chi connectivity index (χ0n) is 6.79. The van der Waals surface area contributed by atoms with E-state index in [1.54, 1.807) is 0 Å². The summed E-state index contributed by atoms with van der Waals surface area (Å²) in [4.78, 5) is 0.402. The van der Waals surface area contributed by atoms with E-state index in [4.69, 9.17) is 18.0 Å². The number of benzene rings is 1. The predicted octanol–water partition coefficient (Wildman–Crippen LogP) is 2.07. The molecule has 12 heavy (non-hydrogen) atoms. The normalized spacial score (nSPS) is 9.33. The zero-order valence-corrected chi connectivity index (χ0v) is 7.60. The quantitative estimate of drug-likeness (QED) is 0.565. The summed E-state index contributed by atoms with van der Waals surface area (Å²) in [6, 6.07) is 10.0. The second kappa shape index (κ2) is 4.02. The molecule has 2 heteroatoms. The minimum Gasteiger partial charge on any atom is -0.390 e. The summed E-state index contributed by atoms with van der Waals surface area (Å²) >= 11 is 4.80. The van der Waals surface area contributed by atoms with Crippen molar-refractivity contribution in [1.82, 2.24) is 0 Å². The van der Waals surface area contributed by atoms with Gasteiger partial charge in [-0.05, 0) is 17.6 Å². The van der Waals surface area contributed by atoms with Gasteiger partial charge in [-0.15, -0.1) is 0 Å². The number of rotatable bonds is 3. The molecule has 0 spiro atoms. The molecule has 0 aliphatic heterocycles. The topological polar surface area (TPSA) is 26.0 Å². The maximum Gasteiger partial charge on any atom is 0.0991 e. The van der Waals surface area contributed by atoms with Crippen molar-refractivity contribution in [2.75, 3.05) is 0 Å². The molecule has 1 aromatic rings. The van der Waals surface area contributed by atoms with Gasteiger partial charge in [0.1, 0.15) is 0 Å². The van der Waals surface area contributed by atoms with Crippen LogP contribution < -0.4 is 5.73 Å². The van der Waals surface area contributed by atoms with Gasteiger partial charge in [0.25, 0.3) is 0 Å². The van der Waals surface area contributed by atoms with Crippen LogP contribution in [0.5, 0.6) is 0 Å². The Morgan fingerprint density at radius 2 is 1.92 bits per heavy atom. The molecule has 0 bridgehead atoms. The van der Waals surface area contributed by atoms with Crippen LogP contribution in [0.15, 0.2) is 42.5 Å². The van der Waals surface area contributed by atoms with Crippen molar-refractivity contribution in [3.8, 4) is 0 Å². The summed E-state index contributed by atoms with van der Waals surface area (Å²) < 4.78 is 0. The van der Waals surface area contributed by atoms with Gasteiger partial charge in [-0.3, -0.25) is 0 Å². The molecule has 0 unspecified atom stereocenters. The average Bonchev–Trinajstić information content (AvgIpc) is 2.06. The Labute approximate surface area is 77.9 Å². The minimum atomic E-state index is 0.402. The molecule has 0 aliphatic carbocycles. The highest BCUT2D eigenvalue weighted by atomic mass is 32.1. The highest BCUT2D eigenvalue weighted by Crippen LogP contribution is 2.05. The fourth-order valence-electron chi connectivity index (χ4n) is 0.929. The Bertz CT molecular complexity index is 290. The first-order valence-corrected chi connectivity index (χ1v) is 4.12. The lowest BCUT2D eigenvalue weighted by molar-refractivity contribution is 1.23. The summed E-state index contributed by atoms with van der Waals surface area (Å²) in [6.07, 6.45) is 0.746. The summed E-state index contributed by atoms with van der Waals surface area (Å²) in [6.45, 7) is 3.78. The van der Waals surface area contributed by atoms with Gasteiger partial charge in [-0.1, -0.05) is 49.1 Å². The molecule has 0 aliphatic rings. The van der Waals surface area contributed by atoms with Crippen molar-refractivity contribution in [2.45, 2.75) is 6.42 Å². The maximum atomic E-state index is 5.42. The van der Waals surface area contributed by atoms with E-state index in [1.165, 1.54) is 5.56 Å².